The monoisotopic (exact) mass is 351 g/mol. The van der Waals surface area contributed by atoms with E-state index in [2.05, 4.69) is 5.32 Å². The predicted molar refractivity (Wildman–Crippen MR) is 102 cm³/mol. The smallest absolute Gasteiger partial charge is 0.221 e. The summed E-state index contributed by atoms with van der Waals surface area (Å²) in [6.45, 7) is 4.96. The summed E-state index contributed by atoms with van der Waals surface area (Å²) in [7, 11) is 0. The van der Waals surface area contributed by atoms with Crippen LogP contribution in [0.1, 0.15) is 29.4 Å². The van der Waals surface area contributed by atoms with Crippen molar-refractivity contribution >= 4 is 22.6 Å². The van der Waals surface area contributed by atoms with Gasteiger partial charge in [0.05, 0.1) is 5.39 Å². The lowest BCUT2D eigenvalue weighted by molar-refractivity contribution is -0.114. The summed E-state index contributed by atoms with van der Waals surface area (Å²) in [5.74, 6) is 0.605. The lowest BCUT2D eigenvalue weighted by Gasteiger charge is -2.10. The molecule has 0 saturated heterocycles. The second kappa shape index (κ2) is 7.04. The molecule has 0 fully saturated rings. The first-order chi connectivity index (χ1) is 12.4. The Morgan fingerprint density at radius 3 is 2.62 bits per heavy atom. The van der Waals surface area contributed by atoms with Gasteiger partial charge in [-0.05, 0) is 50.1 Å². The van der Waals surface area contributed by atoms with Crippen molar-refractivity contribution < 1.29 is 14.3 Å². The van der Waals surface area contributed by atoms with Crippen molar-refractivity contribution in [1.82, 2.24) is 0 Å². The molecule has 0 aliphatic carbocycles. The predicted octanol–water partition coefficient (Wildman–Crippen LogP) is 3.86. The Balaban J connectivity index is 1.92. The van der Waals surface area contributed by atoms with E-state index in [4.69, 9.17) is 4.42 Å². The normalized spacial score (nSPS) is 10.9. The molecule has 3 aromatic rings. The van der Waals surface area contributed by atoms with Gasteiger partial charge < -0.3 is 14.8 Å². The molecule has 0 aliphatic heterocycles. The van der Waals surface area contributed by atoms with E-state index < -0.39 is 0 Å². The molecule has 1 amide bonds. The van der Waals surface area contributed by atoms with Gasteiger partial charge in [0, 0.05) is 30.2 Å². The molecule has 26 heavy (non-hydrogen) atoms. The van der Waals surface area contributed by atoms with Gasteiger partial charge in [0.15, 0.2) is 5.43 Å². The summed E-state index contributed by atoms with van der Waals surface area (Å²) >= 11 is 0. The molecular weight excluding hydrogens is 330 g/mol. The summed E-state index contributed by atoms with van der Waals surface area (Å²) < 4.78 is 5.97. The third-order valence-corrected chi connectivity index (χ3v) is 4.49. The minimum atomic E-state index is -0.117. The van der Waals surface area contributed by atoms with Crippen molar-refractivity contribution in [2.75, 3.05) is 5.32 Å². The molecule has 2 N–H and O–H groups in total. The van der Waals surface area contributed by atoms with E-state index in [0.717, 1.165) is 11.3 Å². The van der Waals surface area contributed by atoms with Crippen molar-refractivity contribution in [3.05, 3.63) is 69.1 Å². The highest BCUT2D eigenvalue weighted by Gasteiger charge is 2.14. The Hall–Kier alpha value is -3.08. The first-order valence-electron chi connectivity index (χ1n) is 8.48. The summed E-state index contributed by atoms with van der Waals surface area (Å²) in [4.78, 5) is 23.8. The third kappa shape index (κ3) is 3.47. The van der Waals surface area contributed by atoms with Gasteiger partial charge in [-0.2, -0.15) is 0 Å². The van der Waals surface area contributed by atoms with E-state index in [-0.39, 0.29) is 17.1 Å². The molecule has 3 rings (SSSR count). The highest BCUT2D eigenvalue weighted by Crippen LogP contribution is 2.26. The largest absolute Gasteiger partial charge is 0.508 e. The number of hydrogen-bond donors (Lipinski definition) is 2. The van der Waals surface area contributed by atoms with Crippen LogP contribution in [0.2, 0.25) is 0 Å². The van der Waals surface area contributed by atoms with Gasteiger partial charge in [-0.15, -0.1) is 0 Å². The quantitative estimate of drug-likeness (QED) is 0.748. The number of nitrogens with one attached hydrogen (secondary N) is 1. The Morgan fingerprint density at radius 1 is 1.12 bits per heavy atom. The van der Waals surface area contributed by atoms with Crippen LogP contribution in [0.15, 0.2) is 45.6 Å². The second-order valence-electron chi connectivity index (χ2n) is 6.45. The van der Waals surface area contributed by atoms with E-state index in [1.807, 2.05) is 24.3 Å². The van der Waals surface area contributed by atoms with Gasteiger partial charge in [0.1, 0.15) is 17.1 Å². The first-order valence-corrected chi connectivity index (χ1v) is 8.48. The molecular formula is C21H21NO4. The molecule has 1 aromatic heterocycles. The first kappa shape index (κ1) is 17.7. The van der Waals surface area contributed by atoms with Gasteiger partial charge >= 0.3 is 0 Å². The fourth-order valence-electron chi connectivity index (χ4n) is 3.02. The van der Waals surface area contributed by atoms with Crippen molar-refractivity contribution in [2.24, 2.45) is 0 Å². The van der Waals surface area contributed by atoms with Gasteiger partial charge in [-0.25, -0.2) is 0 Å². The van der Waals surface area contributed by atoms with E-state index in [0.29, 0.717) is 40.7 Å². The highest BCUT2D eigenvalue weighted by molar-refractivity contribution is 5.88. The van der Waals surface area contributed by atoms with Crippen molar-refractivity contribution in [3.63, 3.8) is 0 Å². The molecule has 0 unspecified atom stereocenters. The number of anilines is 1. The zero-order valence-electron chi connectivity index (χ0n) is 15.1. The molecule has 0 aliphatic rings. The molecule has 0 radical (unpaired) electrons. The molecule has 0 bridgehead atoms. The van der Waals surface area contributed by atoms with Crippen LogP contribution in [-0.2, 0) is 17.6 Å². The van der Waals surface area contributed by atoms with E-state index in [1.165, 1.54) is 13.0 Å². The average molecular weight is 351 g/mol. The number of benzene rings is 2. The number of aryl methyl sites for hydroxylation is 3. The topological polar surface area (TPSA) is 79.5 Å². The number of hydrogen-bond acceptors (Lipinski definition) is 4. The van der Waals surface area contributed by atoms with Crippen LogP contribution < -0.4 is 10.7 Å². The standard InChI is InChI=1S/C21H21NO4/c1-12-18(24)9-8-17-20(25)13(2)19(26-21(12)17)10-7-15-5-4-6-16(11-15)22-14(3)23/h4-6,8-9,11,24H,7,10H2,1-3H3,(H,22,23). The molecule has 5 nitrogen and oxygen atoms in total. The number of amides is 1. The number of fused-ring (bicyclic) bond motifs is 1. The van der Waals surface area contributed by atoms with E-state index in [1.54, 1.807) is 19.9 Å². The Bertz CT molecular complexity index is 1050. The molecule has 1 heterocycles. The van der Waals surface area contributed by atoms with Crippen LogP contribution in [0.5, 0.6) is 5.75 Å². The van der Waals surface area contributed by atoms with Crippen LogP contribution in [0.3, 0.4) is 0 Å². The van der Waals surface area contributed by atoms with Gasteiger partial charge in [-0.1, -0.05) is 12.1 Å². The molecule has 0 atom stereocenters. The zero-order chi connectivity index (χ0) is 18.8. The summed E-state index contributed by atoms with van der Waals surface area (Å²) in [6.07, 6.45) is 1.22. The lowest BCUT2D eigenvalue weighted by Crippen LogP contribution is -2.10. The van der Waals surface area contributed by atoms with E-state index in [9.17, 15) is 14.7 Å². The maximum Gasteiger partial charge on any atom is 0.221 e. The van der Waals surface area contributed by atoms with Crippen LogP contribution >= 0.6 is 0 Å². The van der Waals surface area contributed by atoms with Gasteiger partial charge in [0.2, 0.25) is 5.91 Å². The fraction of sp³-hybridized carbons (Fsp3) is 0.238. The molecule has 0 saturated carbocycles. The fourth-order valence-corrected chi connectivity index (χ4v) is 3.02. The van der Waals surface area contributed by atoms with Crippen LogP contribution in [0.25, 0.3) is 11.0 Å². The van der Waals surface area contributed by atoms with E-state index >= 15 is 0 Å². The SMILES string of the molecule is CC(=O)Nc1cccc(CCc2oc3c(C)c(O)ccc3c(=O)c2C)c1. The van der Waals surface area contributed by atoms with Crippen molar-refractivity contribution in [3.8, 4) is 5.75 Å². The van der Waals surface area contributed by atoms with Crippen LogP contribution in [-0.4, -0.2) is 11.0 Å². The van der Waals surface area contributed by atoms with Gasteiger partial charge in [-0.3, -0.25) is 9.59 Å². The minimum Gasteiger partial charge on any atom is -0.508 e. The number of carbonyl (C=O) groups is 1. The molecule has 134 valence electrons. The molecule has 5 heteroatoms. The maximum atomic E-state index is 12.6. The molecule has 0 spiro atoms. The lowest BCUT2D eigenvalue weighted by atomic mass is 10.0. The van der Waals surface area contributed by atoms with Crippen LogP contribution in [0.4, 0.5) is 5.69 Å². The summed E-state index contributed by atoms with van der Waals surface area (Å²) in [5.41, 5.74) is 3.28. The van der Waals surface area contributed by atoms with Crippen molar-refractivity contribution in [2.45, 2.75) is 33.6 Å². The Morgan fingerprint density at radius 2 is 1.88 bits per heavy atom. The maximum absolute atomic E-state index is 12.6. The number of aromatic hydroxyl groups is 1. The Kier molecular flexibility index (Phi) is 4.80. The third-order valence-electron chi connectivity index (χ3n) is 4.49. The average Bonchev–Trinajstić information content (AvgIpc) is 2.60. The summed E-state index contributed by atoms with van der Waals surface area (Å²) in [6, 6.07) is 10.7. The number of rotatable bonds is 4. The number of phenolic OH excluding ortho intramolecular Hbond substituents is 1. The summed E-state index contributed by atoms with van der Waals surface area (Å²) in [5, 5.41) is 13.1. The second-order valence-corrected chi connectivity index (χ2v) is 6.45. The van der Waals surface area contributed by atoms with Crippen LogP contribution in [0, 0.1) is 13.8 Å². The minimum absolute atomic E-state index is 0.0728. The Labute approximate surface area is 151 Å². The zero-order valence-corrected chi connectivity index (χ0v) is 15.1. The van der Waals surface area contributed by atoms with Gasteiger partial charge in [0.25, 0.3) is 0 Å². The van der Waals surface area contributed by atoms with Crippen molar-refractivity contribution in [1.29, 1.82) is 0 Å². The number of carbonyl (C=O) groups excluding carboxylic acids is 1. The molecule has 2 aromatic carbocycles. The number of phenols is 1. The highest BCUT2D eigenvalue weighted by atomic mass is 16.3.